The fourth-order valence-electron chi connectivity index (χ4n) is 3.92. The maximum absolute atomic E-state index is 12.6. The first kappa shape index (κ1) is 22.5. The van der Waals surface area contributed by atoms with Crippen LogP contribution in [0, 0.1) is 5.41 Å². The van der Waals surface area contributed by atoms with Crippen molar-refractivity contribution in [2.75, 3.05) is 6.54 Å². The molecule has 1 saturated carbocycles. The van der Waals surface area contributed by atoms with Crippen molar-refractivity contribution in [3.05, 3.63) is 64.7 Å². The molecule has 0 heterocycles. The van der Waals surface area contributed by atoms with E-state index >= 15 is 0 Å². The molecule has 29 heavy (non-hydrogen) atoms. The Labute approximate surface area is 176 Å². The van der Waals surface area contributed by atoms with E-state index in [9.17, 15) is 13.0 Å². The molecule has 0 atom stereocenters. The minimum atomic E-state index is -4.09. The quantitative estimate of drug-likeness (QED) is 0.518. The summed E-state index contributed by atoms with van der Waals surface area (Å²) < 4.78 is 39.2. The summed E-state index contributed by atoms with van der Waals surface area (Å²) in [7, 11) is -7.71. The lowest BCUT2D eigenvalue weighted by atomic mass is 9.80. The Kier molecular flexibility index (Phi) is 6.88. The average Bonchev–Trinajstić information content (AvgIpc) is 3.10. The number of rotatable bonds is 8. The maximum atomic E-state index is 12.6. The van der Waals surface area contributed by atoms with Crippen molar-refractivity contribution >= 4 is 29.2 Å². The summed E-state index contributed by atoms with van der Waals surface area (Å²) >= 11 is 5.84. The molecule has 2 aromatic rings. The predicted octanol–water partition coefficient (Wildman–Crippen LogP) is 4.10. The molecule has 6 nitrogen and oxygen atoms in total. The molecule has 1 fully saturated rings. The molecule has 158 valence electrons. The second-order valence-corrected chi connectivity index (χ2v) is 11.7. The van der Waals surface area contributed by atoms with Crippen molar-refractivity contribution in [1.29, 1.82) is 0 Å². The molecule has 1 aliphatic rings. The van der Waals surface area contributed by atoms with Crippen LogP contribution in [0.4, 0.5) is 0 Å². The first-order valence-electron chi connectivity index (χ1n) is 9.45. The van der Waals surface area contributed by atoms with E-state index in [0.717, 1.165) is 31.2 Å². The Bertz CT molecular complexity index is 981. The van der Waals surface area contributed by atoms with Crippen LogP contribution in [0.15, 0.2) is 53.4 Å². The first-order chi connectivity index (χ1) is 13.6. The molecule has 0 amide bonds. The molecule has 0 unspecified atom stereocenters. The molecule has 1 aliphatic carbocycles. The minimum absolute atomic E-state index is 0.162. The van der Waals surface area contributed by atoms with Crippen LogP contribution in [0.2, 0.25) is 5.02 Å². The number of sulfonamides is 1. The van der Waals surface area contributed by atoms with E-state index in [1.165, 1.54) is 12.1 Å². The Hall–Kier alpha value is -1.21. The summed E-state index contributed by atoms with van der Waals surface area (Å²) in [4.78, 5) is 18.4. The molecule has 0 spiro atoms. The van der Waals surface area contributed by atoms with Gasteiger partial charge in [-0.25, -0.2) is 13.1 Å². The van der Waals surface area contributed by atoms with Crippen molar-refractivity contribution in [3.63, 3.8) is 0 Å². The molecule has 0 aromatic heterocycles. The summed E-state index contributed by atoms with van der Waals surface area (Å²) in [6.07, 6.45) is 4.41. The summed E-state index contributed by atoms with van der Waals surface area (Å²) in [6.45, 7) is 0.349. The highest BCUT2D eigenvalue weighted by Gasteiger charge is 2.35. The Morgan fingerprint density at radius 3 is 2.07 bits per heavy atom. The predicted molar refractivity (Wildman–Crippen MR) is 113 cm³/mol. The van der Waals surface area contributed by atoms with Gasteiger partial charge in [0.15, 0.2) is 0 Å². The summed E-state index contributed by atoms with van der Waals surface area (Å²) in [5.74, 6) is 0. The van der Waals surface area contributed by atoms with Crippen LogP contribution in [-0.4, -0.2) is 24.7 Å². The zero-order valence-electron chi connectivity index (χ0n) is 15.9. The Morgan fingerprint density at radius 2 is 1.52 bits per heavy atom. The number of hydrogen-bond donors (Lipinski definition) is 3. The molecule has 2 aromatic carbocycles. The van der Waals surface area contributed by atoms with E-state index in [0.29, 0.717) is 23.6 Å². The van der Waals surface area contributed by atoms with Crippen molar-refractivity contribution in [3.8, 4) is 0 Å². The number of halogens is 1. The third-order valence-electron chi connectivity index (χ3n) is 5.42. The van der Waals surface area contributed by atoms with Crippen molar-refractivity contribution < 1.29 is 22.8 Å². The fraction of sp³-hybridized carbons (Fsp3) is 0.400. The molecule has 3 N–H and O–H groups in total. The monoisotopic (exact) mass is 457 g/mol. The number of nitrogens with one attached hydrogen (secondary N) is 1. The average molecular weight is 458 g/mol. The molecule has 0 bridgehead atoms. The van der Waals surface area contributed by atoms with Gasteiger partial charge in [0.25, 0.3) is 0 Å². The molecule has 0 aliphatic heterocycles. The lowest BCUT2D eigenvalue weighted by Crippen LogP contribution is -2.37. The normalized spacial score (nSPS) is 16.8. The van der Waals surface area contributed by atoms with Gasteiger partial charge in [0, 0.05) is 11.6 Å². The highest BCUT2D eigenvalue weighted by molar-refractivity contribution is 7.89. The van der Waals surface area contributed by atoms with Crippen molar-refractivity contribution in [1.82, 2.24) is 4.72 Å². The second kappa shape index (κ2) is 8.88. The summed E-state index contributed by atoms with van der Waals surface area (Å²) in [5, 5.41) is 0.485. The van der Waals surface area contributed by atoms with Gasteiger partial charge in [-0.15, -0.1) is 0 Å². The van der Waals surface area contributed by atoms with E-state index < -0.39 is 17.6 Å². The van der Waals surface area contributed by atoms with Gasteiger partial charge in [0.2, 0.25) is 10.0 Å². The van der Waals surface area contributed by atoms with Crippen LogP contribution in [0.5, 0.6) is 0 Å². The van der Waals surface area contributed by atoms with Crippen LogP contribution in [0.1, 0.15) is 36.8 Å². The molecule has 3 rings (SSSR count). The van der Waals surface area contributed by atoms with Crippen LogP contribution < -0.4 is 4.72 Å². The van der Waals surface area contributed by atoms with Gasteiger partial charge in [-0.1, -0.05) is 48.7 Å². The van der Waals surface area contributed by atoms with Gasteiger partial charge in [0.1, 0.15) is 0 Å². The van der Waals surface area contributed by atoms with Crippen molar-refractivity contribution in [2.24, 2.45) is 5.41 Å². The Morgan fingerprint density at radius 1 is 0.966 bits per heavy atom. The van der Waals surface area contributed by atoms with Crippen LogP contribution in [0.3, 0.4) is 0 Å². The SMILES string of the molecule is O=P(O)(O)Cc1ccc(CC2(CNS(=O)(=O)c3ccc(Cl)cc3)CCCC2)cc1. The Balaban J connectivity index is 1.70. The zero-order chi connectivity index (χ0) is 21.1. The van der Waals surface area contributed by atoms with E-state index in [1.54, 1.807) is 24.3 Å². The maximum Gasteiger partial charge on any atom is 0.329 e. The molecular formula is C20H25ClNO5PS. The lowest BCUT2D eigenvalue weighted by molar-refractivity contribution is 0.295. The van der Waals surface area contributed by atoms with Gasteiger partial charge in [-0.2, -0.15) is 0 Å². The van der Waals surface area contributed by atoms with Crippen LogP contribution >= 0.6 is 19.2 Å². The smallest absolute Gasteiger partial charge is 0.324 e. The summed E-state index contributed by atoms with van der Waals surface area (Å²) in [5.41, 5.74) is 1.46. The minimum Gasteiger partial charge on any atom is -0.324 e. The number of benzene rings is 2. The lowest BCUT2D eigenvalue weighted by Gasteiger charge is -2.29. The highest BCUT2D eigenvalue weighted by Crippen LogP contribution is 2.42. The second-order valence-electron chi connectivity index (χ2n) is 7.80. The highest BCUT2D eigenvalue weighted by atomic mass is 35.5. The van der Waals surface area contributed by atoms with Gasteiger partial charge in [-0.3, -0.25) is 4.57 Å². The largest absolute Gasteiger partial charge is 0.329 e. The third-order valence-corrected chi connectivity index (χ3v) is 7.86. The van der Waals surface area contributed by atoms with E-state index in [1.807, 2.05) is 12.1 Å². The molecule has 0 radical (unpaired) electrons. The van der Waals surface area contributed by atoms with Gasteiger partial charge >= 0.3 is 7.60 Å². The van der Waals surface area contributed by atoms with E-state index in [2.05, 4.69) is 4.72 Å². The van der Waals surface area contributed by atoms with Gasteiger partial charge in [0.05, 0.1) is 11.1 Å². The zero-order valence-corrected chi connectivity index (χ0v) is 18.4. The molecule has 9 heteroatoms. The van der Waals surface area contributed by atoms with Crippen LogP contribution in [0.25, 0.3) is 0 Å². The number of hydrogen-bond acceptors (Lipinski definition) is 3. The van der Waals surface area contributed by atoms with E-state index in [-0.39, 0.29) is 16.5 Å². The molecule has 0 saturated heterocycles. The first-order valence-corrected chi connectivity index (χ1v) is 13.1. The standard InChI is InChI=1S/C20H25ClNO5PS/c21-18-7-9-19(10-8-18)29(26,27)22-15-20(11-1-2-12-20)13-16-3-5-17(6-4-16)14-28(23,24)25/h3-10,22H,1-2,11-15H2,(H2,23,24,25). The summed E-state index contributed by atoms with van der Waals surface area (Å²) in [6, 6.07) is 13.3. The fourth-order valence-corrected chi connectivity index (χ4v) is 5.89. The topological polar surface area (TPSA) is 104 Å². The van der Waals surface area contributed by atoms with Crippen molar-refractivity contribution in [2.45, 2.75) is 43.2 Å². The van der Waals surface area contributed by atoms with Gasteiger partial charge in [-0.05, 0) is 60.1 Å². The van der Waals surface area contributed by atoms with Crippen LogP contribution in [-0.2, 0) is 27.2 Å². The van der Waals surface area contributed by atoms with E-state index in [4.69, 9.17) is 21.4 Å². The third kappa shape index (κ3) is 6.38. The molecular weight excluding hydrogens is 433 g/mol. The van der Waals surface area contributed by atoms with Gasteiger partial charge < -0.3 is 9.79 Å².